The van der Waals surface area contributed by atoms with Gasteiger partial charge in [-0.1, -0.05) is 19.1 Å². The number of hydrogen-bond acceptors (Lipinski definition) is 6. The molecule has 1 aromatic carbocycles. The topological polar surface area (TPSA) is 102 Å². The summed E-state index contributed by atoms with van der Waals surface area (Å²) >= 11 is 0. The number of methoxy groups -OCH3 is 1. The maximum absolute atomic E-state index is 12.2. The number of benzene rings is 1. The lowest BCUT2D eigenvalue weighted by atomic mass is 9.57. The normalized spacial score (nSPS) is 30.7. The van der Waals surface area contributed by atoms with Crippen LogP contribution in [0.4, 0.5) is 0 Å². The zero-order valence-corrected chi connectivity index (χ0v) is 17.7. The van der Waals surface area contributed by atoms with Gasteiger partial charge in [0.15, 0.2) is 0 Å². The van der Waals surface area contributed by atoms with Crippen LogP contribution in [0.2, 0.25) is 0 Å². The first-order valence-electron chi connectivity index (χ1n) is 10.2. The second-order valence-corrected chi connectivity index (χ2v) is 8.78. The molecule has 7 heteroatoms. The fraction of sp³-hybridized carbons (Fsp3) is 0.565. The van der Waals surface area contributed by atoms with Gasteiger partial charge in [0.1, 0.15) is 11.9 Å². The van der Waals surface area contributed by atoms with Crippen molar-refractivity contribution >= 4 is 5.97 Å². The standard InChI is InChI=1S/C23H28N2O5/c1-5-22(3)12-18(30-15(2)26)7-9-20(22)21(25(27)28)13-23(14-24)11-16-10-17(29-4)6-8-19(16)23/h5-6,8,10,18,20-21H,1,7,9,11-13H2,2-4H3/t18-,20-,21+,22+,23?/m1/s1. The van der Waals surface area contributed by atoms with Crippen LogP contribution in [-0.4, -0.2) is 30.1 Å². The van der Waals surface area contributed by atoms with Gasteiger partial charge in [0.2, 0.25) is 6.04 Å². The highest BCUT2D eigenvalue weighted by Crippen LogP contribution is 2.51. The maximum Gasteiger partial charge on any atom is 0.302 e. The largest absolute Gasteiger partial charge is 0.497 e. The number of rotatable bonds is 7. The fourth-order valence-corrected chi connectivity index (χ4v) is 5.31. The highest BCUT2D eigenvalue weighted by molar-refractivity contribution is 5.66. The Labute approximate surface area is 176 Å². The van der Waals surface area contributed by atoms with E-state index in [1.165, 1.54) is 6.92 Å². The summed E-state index contributed by atoms with van der Waals surface area (Å²) in [5.74, 6) is 0.0825. The number of esters is 1. The van der Waals surface area contributed by atoms with E-state index in [0.717, 1.165) is 11.1 Å². The number of nitrogens with zero attached hydrogens (tertiary/aromatic N) is 2. The van der Waals surface area contributed by atoms with E-state index in [9.17, 15) is 20.2 Å². The van der Waals surface area contributed by atoms with Crippen LogP contribution in [0.3, 0.4) is 0 Å². The Bertz CT molecular complexity index is 907. The maximum atomic E-state index is 12.2. The Morgan fingerprint density at radius 2 is 2.23 bits per heavy atom. The first-order chi connectivity index (χ1) is 14.2. The molecule has 0 N–H and O–H groups in total. The van der Waals surface area contributed by atoms with Crippen LogP contribution in [0.5, 0.6) is 5.75 Å². The second-order valence-electron chi connectivity index (χ2n) is 8.78. The van der Waals surface area contributed by atoms with Crippen molar-refractivity contribution in [3.05, 3.63) is 52.1 Å². The minimum absolute atomic E-state index is 0.155. The van der Waals surface area contributed by atoms with Crippen molar-refractivity contribution in [2.45, 2.75) is 63.5 Å². The van der Waals surface area contributed by atoms with E-state index in [2.05, 4.69) is 12.6 Å². The average molecular weight is 412 g/mol. The van der Waals surface area contributed by atoms with Gasteiger partial charge in [0.05, 0.1) is 18.6 Å². The molecule has 0 heterocycles. The number of nitriles is 1. The summed E-state index contributed by atoms with van der Waals surface area (Å²) in [7, 11) is 1.59. The van der Waals surface area contributed by atoms with E-state index in [4.69, 9.17) is 9.47 Å². The Hall–Kier alpha value is -2.88. The molecule has 1 unspecified atom stereocenters. The summed E-state index contributed by atoms with van der Waals surface area (Å²) in [6, 6.07) is 7.02. The number of hydrogen-bond donors (Lipinski definition) is 0. The van der Waals surface area contributed by atoms with Gasteiger partial charge in [-0.3, -0.25) is 14.9 Å². The van der Waals surface area contributed by atoms with E-state index < -0.39 is 16.9 Å². The summed E-state index contributed by atoms with van der Waals surface area (Å²) < 4.78 is 10.6. The molecule has 1 fully saturated rings. The molecule has 0 amide bonds. The molecule has 0 aromatic heterocycles. The van der Waals surface area contributed by atoms with Crippen LogP contribution >= 0.6 is 0 Å². The van der Waals surface area contributed by atoms with Crippen LogP contribution < -0.4 is 4.74 Å². The molecule has 160 valence electrons. The predicted molar refractivity (Wildman–Crippen MR) is 111 cm³/mol. The van der Waals surface area contributed by atoms with Crippen molar-refractivity contribution in [1.82, 2.24) is 0 Å². The molecule has 30 heavy (non-hydrogen) atoms. The van der Waals surface area contributed by atoms with Crippen molar-refractivity contribution in [1.29, 1.82) is 5.26 Å². The van der Waals surface area contributed by atoms with Gasteiger partial charge in [-0.25, -0.2) is 0 Å². The van der Waals surface area contributed by atoms with Gasteiger partial charge in [0, 0.05) is 24.2 Å². The average Bonchev–Trinajstić information content (AvgIpc) is 2.69. The number of carbonyl (C=O) groups excluding carboxylic acids is 1. The monoisotopic (exact) mass is 412 g/mol. The lowest BCUT2D eigenvalue weighted by molar-refractivity contribution is -0.539. The number of nitro groups is 1. The Balaban J connectivity index is 1.87. The molecule has 3 rings (SSSR count). The molecule has 5 atom stereocenters. The SMILES string of the molecule is C=C[C@@]1(C)C[C@H](OC(C)=O)CC[C@@H]1[C@H](CC1(C#N)Cc2cc(OC)ccc21)[N+](=O)[O-]. The summed E-state index contributed by atoms with van der Waals surface area (Å²) in [4.78, 5) is 23.3. The van der Waals surface area contributed by atoms with Crippen LogP contribution in [0.15, 0.2) is 30.9 Å². The van der Waals surface area contributed by atoms with Crippen molar-refractivity contribution < 1.29 is 19.2 Å². The van der Waals surface area contributed by atoms with Gasteiger partial charge in [0.25, 0.3) is 0 Å². The van der Waals surface area contributed by atoms with Crippen molar-refractivity contribution in [2.75, 3.05) is 7.11 Å². The molecule has 0 aliphatic heterocycles. The van der Waals surface area contributed by atoms with Crippen LogP contribution in [0.1, 0.15) is 50.7 Å². The molecule has 7 nitrogen and oxygen atoms in total. The fourth-order valence-electron chi connectivity index (χ4n) is 5.31. The molecule has 1 aromatic rings. The van der Waals surface area contributed by atoms with Gasteiger partial charge in [-0.05, 0) is 54.4 Å². The van der Waals surface area contributed by atoms with Gasteiger partial charge in [-0.15, -0.1) is 6.58 Å². The molecular weight excluding hydrogens is 384 g/mol. The van der Waals surface area contributed by atoms with E-state index in [1.807, 2.05) is 19.1 Å². The minimum Gasteiger partial charge on any atom is -0.497 e. The molecule has 0 radical (unpaired) electrons. The summed E-state index contributed by atoms with van der Waals surface area (Å²) in [5.41, 5.74) is 0.433. The number of fused-ring (bicyclic) bond motifs is 1. The first kappa shape index (κ1) is 21.8. The molecule has 0 saturated heterocycles. The number of carbonyl (C=O) groups is 1. The van der Waals surface area contributed by atoms with Crippen molar-refractivity contribution in [3.8, 4) is 11.8 Å². The zero-order chi connectivity index (χ0) is 22.1. The predicted octanol–water partition coefficient (Wildman–Crippen LogP) is 3.97. The van der Waals surface area contributed by atoms with Gasteiger partial charge < -0.3 is 9.47 Å². The van der Waals surface area contributed by atoms with E-state index in [0.29, 0.717) is 31.4 Å². The van der Waals surface area contributed by atoms with E-state index in [-0.39, 0.29) is 29.3 Å². The number of ether oxygens (including phenoxy) is 2. The Morgan fingerprint density at radius 3 is 2.77 bits per heavy atom. The smallest absolute Gasteiger partial charge is 0.302 e. The highest BCUT2D eigenvalue weighted by Gasteiger charge is 2.54. The lowest BCUT2D eigenvalue weighted by Crippen LogP contribution is -2.50. The molecule has 2 aliphatic rings. The molecular formula is C23H28N2O5. The van der Waals surface area contributed by atoms with Gasteiger partial charge >= 0.3 is 5.97 Å². The van der Waals surface area contributed by atoms with Crippen LogP contribution in [-0.2, 0) is 21.4 Å². The van der Waals surface area contributed by atoms with Gasteiger partial charge in [-0.2, -0.15) is 5.26 Å². The minimum atomic E-state index is -0.888. The summed E-state index contributed by atoms with van der Waals surface area (Å²) in [5, 5.41) is 22.2. The first-order valence-corrected chi connectivity index (χ1v) is 10.2. The van der Waals surface area contributed by atoms with E-state index in [1.54, 1.807) is 19.3 Å². The Kier molecular flexibility index (Phi) is 5.89. The second kappa shape index (κ2) is 8.10. The molecule has 1 saturated carbocycles. The third-order valence-electron chi connectivity index (χ3n) is 6.94. The summed E-state index contributed by atoms with van der Waals surface area (Å²) in [6.45, 7) is 7.24. The third-order valence-corrected chi connectivity index (χ3v) is 6.94. The van der Waals surface area contributed by atoms with Crippen molar-refractivity contribution in [3.63, 3.8) is 0 Å². The Morgan fingerprint density at radius 1 is 1.50 bits per heavy atom. The lowest BCUT2D eigenvalue weighted by Gasteiger charge is -2.45. The zero-order valence-electron chi connectivity index (χ0n) is 17.7. The van der Waals surface area contributed by atoms with Crippen LogP contribution in [0.25, 0.3) is 0 Å². The molecule has 0 spiro atoms. The molecule has 0 bridgehead atoms. The number of allylic oxidation sites excluding steroid dienone is 1. The third kappa shape index (κ3) is 3.79. The quantitative estimate of drug-likeness (QED) is 0.291. The highest BCUT2D eigenvalue weighted by atomic mass is 16.6. The van der Waals surface area contributed by atoms with Crippen LogP contribution in [0, 0.1) is 32.8 Å². The molecule has 2 aliphatic carbocycles. The summed E-state index contributed by atoms with van der Waals surface area (Å²) in [6.07, 6.45) is 3.74. The van der Waals surface area contributed by atoms with E-state index >= 15 is 0 Å². The van der Waals surface area contributed by atoms with Crippen molar-refractivity contribution in [2.24, 2.45) is 11.3 Å².